The van der Waals surface area contributed by atoms with Crippen LogP contribution in [0.1, 0.15) is 23.5 Å². The first kappa shape index (κ1) is 16.9. The van der Waals surface area contributed by atoms with Crippen molar-refractivity contribution in [3.05, 3.63) is 64.1 Å². The van der Waals surface area contributed by atoms with Gasteiger partial charge in [-0.3, -0.25) is 4.79 Å². The van der Waals surface area contributed by atoms with Gasteiger partial charge in [-0.1, -0.05) is 46.3 Å². The predicted molar refractivity (Wildman–Crippen MR) is 106 cm³/mol. The Morgan fingerprint density at radius 3 is 2.46 bits per heavy atom. The molecular weight excluding hydrogens is 394 g/mol. The molecule has 3 aromatic rings. The van der Waals surface area contributed by atoms with E-state index in [1.54, 1.807) is 14.2 Å². The van der Waals surface area contributed by atoms with Gasteiger partial charge in [0.25, 0.3) is 0 Å². The number of nitrogens with one attached hydrogen (secondary N) is 1. The number of methoxy groups -OCH3 is 2. The summed E-state index contributed by atoms with van der Waals surface area (Å²) in [5.41, 5.74) is 3.02. The van der Waals surface area contributed by atoms with Crippen LogP contribution in [0.4, 0.5) is 5.69 Å². The van der Waals surface area contributed by atoms with E-state index in [4.69, 9.17) is 9.47 Å². The number of carbonyl (C=O) groups excluding carboxylic acids is 1. The summed E-state index contributed by atoms with van der Waals surface area (Å²) in [4.78, 5) is 12.4. The van der Waals surface area contributed by atoms with Gasteiger partial charge >= 0.3 is 0 Å². The number of fused-ring (bicyclic) bond motifs is 3. The van der Waals surface area contributed by atoms with Crippen molar-refractivity contribution in [3.8, 4) is 11.5 Å². The highest BCUT2D eigenvalue weighted by Gasteiger charge is 2.29. The molecular formula is C21H18BrNO3. The van der Waals surface area contributed by atoms with Crippen LogP contribution in [0.25, 0.3) is 10.8 Å². The van der Waals surface area contributed by atoms with Crippen molar-refractivity contribution in [1.82, 2.24) is 0 Å². The van der Waals surface area contributed by atoms with Crippen LogP contribution in [0.3, 0.4) is 0 Å². The molecule has 4 rings (SSSR count). The number of halogens is 1. The predicted octanol–water partition coefficient (Wildman–Crippen LogP) is 5.09. The highest BCUT2D eigenvalue weighted by Crippen LogP contribution is 2.44. The molecule has 1 heterocycles. The van der Waals surface area contributed by atoms with Crippen molar-refractivity contribution < 1.29 is 14.3 Å². The van der Waals surface area contributed by atoms with Gasteiger partial charge in [0.2, 0.25) is 5.91 Å². The van der Waals surface area contributed by atoms with Gasteiger partial charge in [0, 0.05) is 22.2 Å². The molecule has 132 valence electrons. The Kier molecular flexibility index (Phi) is 4.32. The summed E-state index contributed by atoms with van der Waals surface area (Å²) in [6.07, 6.45) is 0.396. The van der Waals surface area contributed by atoms with Gasteiger partial charge in [-0.2, -0.15) is 0 Å². The zero-order valence-corrected chi connectivity index (χ0v) is 16.1. The summed E-state index contributed by atoms with van der Waals surface area (Å²) in [7, 11) is 3.23. The molecule has 1 N–H and O–H groups in total. The molecule has 0 aromatic heterocycles. The van der Waals surface area contributed by atoms with Crippen molar-refractivity contribution in [2.75, 3.05) is 19.5 Å². The lowest BCUT2D eigenvalue weighted by atomic mass is 9.83. The first-order valence-corrected chi connectivity index (χ1v) is 9.14. The maximum Gasteiger partial charge on any atom is 0.225 e. The topological polar surface area (TPSA) is 47.6 Å². The first-order valence-electron chi connectivity index (χ1n) is 8.35. The number of rotatable bonds is 3. The van der Waals surface area contributed by atoms with Gasteiger partial charge < -0.3 is 14.8 Å². The standard InChI is InChI=1S/C21H18BrNO3/c1-25-18-8-7-12(9-19(18)26-2)15-11-20(24)23-21-14-6-4-3-5-13(14)17(22)10-16(15)21/h3-10,15H,11H2,1-2H3,(H,23,24)/t15-/m1/s1. The number of hydrogen-bond acceptors (Lipinski definition) is 3. The van der Waals surface area contributed by atoms with Gasteiger partial charge in [0.1, 0.15) is 0 Å². The van der Waals surface area contributed by atoms with Crippen LogP contribution in [0, 0.1) is 0 Å². The van der Waals surface area contributed by atoms with E-state index in [1.807, 2.05) is 42.5 Å². The number of carbonyl (C=O) groups is 1. The Morgan fingerprint density at radius 1 is 1.00 bits per heavy atom. The van der Waals surface area contributed by atoms with Crippen LogP contribution in [0.2, 0.25) is 0 Å². The second-order valence-electron chi connectivity index (χ2n) is 6.29. The van der Waals surface area contributed by atoms with E-state index in [2.05, 4.69) is 27.3 Å². The van der Waals surface area contributed by atoms with E-state index >= 15 is 0 Å². The lowest BCUT2D eigenvalue weighted by Gasteiger charge is -2.28. The fourth-order valence-corrected chi connectivity index (χ4v) is 4.21. The number of ether oxygens (including phenoxy) is 2. The second kappa shape index (κ2) is 6.65. The van der Waals surface area contributed by atoms with Crippen molar-refractivity contribution in [3.63, 3.8) is 0 Å². The zero-order valence-electron chi connectivity index (χ0n) is 14.5. The molecule has 0 unspecified atom stereocenters. The molecule has 0 bridgehead atoms. The third-order valence-corrected chi connectivity index (χ3v) is 5.52. The van der Waals surface area contributed by atoms with E-state index in [0.29, 0.717) is 17.9 Å². The van der Waals surface area contributed by atoms with Gasteiger partial charge in [0.05, 0.1) is 19.9 Å². The minimum Gasteiger partial charge on any atom is -0.493 e. The monoisotopic (exact) mass is 411 g/mol. The van der Waals surface area contributed by atoms with Crippen molar-refractivity contribution >= 4 is 38.3 Å². The molecule has 0 spiro atoms. The molecule has 0 fully saturated rings. The maximum atomic E-state index is 12.4. The number of anilines is 1. The highest BCUT2D eigenvalue weighted by atomic mass is 79.9. The molecule has 0 radical (unpaired) electrons. The maximum absolute atomic E-state index is 12.4. The first-order chi connectivity index (χ1) is 12.6. The highest BCUT2D eigenvalue weighted by molar-refractivity contribution is 9.10. The molecule has 0 saturated carbocycles. The van der Waals surface area contributed by atoms with Crippen molar-refractivity contribution in [1.29, 1.82) is 0 Å². The molecule has 4 nitrogen and oxygen atoms in total. The van der Waals surface area contributed by atoms with Crippen molar-refractivity contribution in [2.24, 2.45) is 0 Å². The lowest BCUT2D eigenvalue weighted by molar-refractivity contribution is -0.116. The molecule has 0 aliphatic carbocycles. The summed E-state index contributed by atoms with van der Waals surface area (Å²) < 4.78 is 11.8. The molecule has 1 amide bonds. The van der Waals surface area contributed by atoms with E-state index in [0.717, 1.165) is 32.1 Å². The number of amides is 1. The smallest absolute Gasteiger partial charge is 0.225 e. The third kappa shape index (κ3) is 2.72. The molecule has 0 saturated heterocycles. The Balaban J connectivity index is 1.92. The quantitative estimate of drug-likeness (QED) is 0.652. The van der Waals surface area contributed by atoms with E-state index in [9.17, 15) is 4.79 Å². The minimum atomic E-state index is -0.0422. The molecule has 5 heteroatoms. The molecule has 26 heavy (non-hydrogen) atoms. The summed E-state index contributed by atoms with van der Waals surface area (Å²) in [5.74, 6) is 1.32. The number of hydrogen-bond donors (Lipinski definition) is 1. The van der Waals surface area contributed by atoms with Gasteiger partial charge in [-0.05, 0) is 34.7 Å². The third-order valence-electron chi connectivity index (χ3n) is 4.86. The van der Waals surface area contributed by atoms with E-state index in [1.165, 1.54) is 0 Å². The van der Waals surface area contributed by atoms with Gasteiger partial charge in [-0.15, -0.1) is 0 Å². The average Bonchev–Trinajstić information content (AvgIpc) is 2.68. The summed E-state index contributed by atoms with van der Waals surface area (Å²) in [6, 6.07) is 16.0. The minimum absolute atomic E-state index is 0.0183. The van der Waals surface area contributed by atoms with Crippen molar-refractivity contribution in [2.45, 2.75) is 12.3 Å². The summed E-state index contributed by atoms with van der Waals surface area (Å²) in [6.45, 7) is 0. The second-order valence-corrected chi connectivity index (χ2v) is 7.14. The van der Waals surface area contributed by atoms with Crippen LogP contribution in [-0.2, 0) is 4.79 Å². The van der Waals surface area contributed by atoms with E-state index in [-0.39, 0.29) is 11.8 Å². The Hall–Kier alpha value is -2.53. The lowest BCUT2D eigenvalue weighted by Crippen LogP contribution is -2.24. The van der Waals surface area contributed by atoms with Crippen LogP contribution < -0.4 is 14.8 Å². The fourth-order valence-electron chi connectivity index (χ4n) is 3.62. The Bertz CT molecular complexity index is 1020. The zero-order chi connectivity index (χ0) is 18.3. The van der Waals surface area contributed by atoms with E-state index < -0.39 is 0 Å². The largest absolute Gasteiger partial charge is 0.493 e. The average molecular weight is 412 g/mol. The molecule has 1 aliphatic rings. The SMILES string of the molecule is COc1ccc([C@H]2CC(=O)Nc3c2cc(Br)c2ccccc32)cc1OC. The van der Waals surface area contributed by atoms with Crippen LogP contribution in [-0.4, -0.2) is 20.1 Å². The van der Waals surface area contributed by atoms with Gasteiger partial charge in [-0.25, -0.2) is 0 Å². The van der Waals surface area contributed by atoms with Gasteiger partial charge in [0.15, 0.2) is 11.5 Å². The number of benzene rings is 3. The van der Waals surface area contributed by atoms with Crippen LogP contribution >= 0.6 is 15.9 Å². The summed E-state index contributed by atoms with van der Waals surface area (Å²) in [5, 5.41) is 5.19. The Morgan fingerprint density at radius 2 is 1.73 bits per heavy atom. The fraction of sp³-hybridized carbons (Fsp3) is 0.190. The molecule has 3 aromatic carbocycles. The van der Waals surface area contributed by atoms with Crippen LogP contribution in [0.5, 0.6) is 11.5 Å². The van der Waals surface area contributed by atoms with Crippen LogP contribution in [0.15, 0.2) is 53.0 Å². The normalized spacial score (nSPS) is 16.1. The molecule has 1 atom stereocenters. The molecule has 1 aliphatic heterocycles. The summed E-state index contributed by atoms with van der Waals surface area (Å²) >= 11 is 3.68. The Labute approximate surface area is 160 Å².